The van der Waals surface area contributed by atoms with Gasteiger partial charge in [0.2, 0.25) is 5.91 Å². The number of pyridine rings is 1. The Kier molecular flexibility index (Phi) is 7.01. The van der Waals surface area contributed by atoms with E-state index in [1.54, 1.807) is 4.90 Å². The number of rotatable bonds is 7. The van der Waals surface area contributed by atoms with E-state index in [1.807, 2.05) is 38.6 Å². The SMILES string of the molecule is CN(C)C(=O)C1(Cc2ccccc2-c2ccncc2)CCN(CCc2ccccc2)CC1. The summed E-state index contributed by atoms with van der Waals surface area (Å²) in [7, 11) is 3.78. The number of carbonyl (C=O) groups excluding carboxylic acids is 1. The number of aromatic nitrogens is 1. The second kappa shape index (κ2) is 10.1. The summed E-state index contributed by atoms with van der Waals surface area (Å²) in [6, 6.07) is 23.3. The third-order valence-corrected chi connectivity index (χ3v) is 6.77. The van der Waals surface area contributed by atoms with Gasteiger partial charge in [0.1, 0.15) is 0 Å². The van der Waals surface area contributed by atoms with Gasteiger partial charge in [-0.3, -0.25) is 9.78 Å². The highest BCUT2D eigenvalue weighted by Gasteiger charge is 2.42. The fourth-order valence-corrected chi connectivity index (χ4v) is 4.93. The van der Waals surface area contributed by atoms with Crippen molar-refractivity contribution >= 4 is 5.91 Å². The smallest absolute Gasteiger partial charge is 0.228 e. The second-order valence-electron chi connectivity index (χ2n) is 9.13. The van der Waals surface area contributed by atoms with Crippen LogP contribution < -0.4 is 0 Å². The summed E-state index contributed by atoms with van der Waals surface area (Å²) in [5.74, 6) is 0.254. The minimum absolute atomic E-state index is 0.254. The van der Waals surface area contributed by atoms with Crippen LogP contribution in [0.4, 0.5) is 0 Å². The van der Waals surface area contributed by atoms with Crippen LogP contribution in [-0.2, 0) is 17.6 Å². The molecule has 1 fully saturated rings. The summed E-state index contributed by atoms with van der Waals surface area (Å²) in [5.41, 5.74) is 4.62. The first-order chi connectivity index (χ1) is 15.6. The van der Waals surface area contributed by atoms with Gasteiger partial charge < -0.3 is 9.80 Å². The van der Waals surface area contributed by atoms with Crippen molar-refractivity contribution in [1.29, 1.82) is 0 Å². The van der Waals surface area contributed by atoms with Crippen LogP contribution in [0.3, 0.4) is 0 Å². The van der Waals surface area contributed by atoms with Gasteiger partial charge in [0.15, 0.2) is 0 Å². The number of amides is 1. The van der Waals surface area contributed by atoms with E-state index >= 15 is 0 Å². The van der Waals surface area contributed by atoms with Gasteiger partial charge in [-0.25, -0.2) is 0 Å². The van der Waals surface area contributed by atoms with Crippen LogP contribution in [0.1, 0.15) is 24.0 Å². The van der Waals surface area contributed by atoms with Gasteiger partial charge in [0.05, 0.1) is 5.41 Å². The Morgan fingerprint density at radius 3 is 2.28 bits per heavy atom. The van der Waals surface area contributed by atoms with Crippen molar-refractivity contribution in [3.05, 3.63) is 90.3 Å². The third-order valence-electron chi connectivity index (χ3n) is 6.77. The molecule has 0 aliphatic carbocycles. The van der Waals surface area contributed by atoms with E-state index in [0.29, 0.717) is 0 Å². The normalized spacial score (nSPS) is 15.9. The summed E-state index contributed by atoms with van der Waals surface area (Å²) >= 11 is 0. The van der Waals surface area contributed by atoms with Crippen molar-refractivity contribution < 1.29 is 4.79 Å². The molecule has 0 unspecified atom stereocenters. The number of hydrogen-bond acceptors (Lipinski definition) is 3. The first kappa shape index (κ1) is 22.2. The maximum Gasteiger partial charge on any atom is 0.228 e. The first-order valence-electron chi connectivity index (χ1n) is 11.5. The fourth-order valence-electron chi connectivity index (χ4n) is 4.93. The Balaban J connectivity index is 1.51. The van der Waals surface area contributed by atoms with Gasteiger partial charge in [-0.05, 0) is 73.2 Å². The van der Waals surface area contributed by atoms with Gasteiger partial charge >= 0.3 is 0 Å². The fraction of sp³-hybridized carbons (Fsp3) is 0.357. The van der Waals surface area contributed by atoms with Crippen LogP contribution >= 0.6 is 0 Å². The van der Waals surface area contributed by atoms with E-state index in [-0.39, 0.29) is 11.3 Å². The molecule has 0 radical (unpaired) electrons. The lowest BCUT2D eigenvalue weighted by Gasteiger charge is -2.42. The molecule has 4 nitrogen and oxygen atoms in total. The average Bonchev–Trinajstić information content (AvgIpc) is 2.84. The van der Waals surface area contributed by atoms with E-state index < -0.39 is 0 Å². The van der Waals surface area contributed by atoms with E-state index in [2.05, 4.69) is 64.5 Å². The number of carbonyl (C=O) groups is 1. The predicted octanol–water partition coefficient (Wildman–Crippen LogP) is 4.70. The van der Waals surface area contributed by atoms with Gasteiger partial charge in [-0.2, -0.15) is 0 Å². The van der Waals surface area contributed by atoms with E-state index in [9.17, 15) is 4.79 Å². The molecular formula is C28H33N3O. The van der Waals surface area contributed by atoms with Gasteiger partial charge in [0.25, 0.3) is 0 Å². The summed E-state index contributed by atoms with van der Waals surface area (Å²) in [6.07, 6.45) is 7.28. The van der Waals surface area contributed by atoms with Crippen LogP contribution in [0.2, 0.25) is 0 Å². The van der Waals surface area contributed by atoms with Crippen molar-refractivity contribution in [1.82, 2.24) is 14.8 Å². The van der Waals surface area contributed by atoms with E-state index in [4.69, 9.17) is 0 Å². The molecule has 0 atom stereocenters. The third kappa shape index (κ3) is 5.08. The highest BCUT2D eigenvalue weighted by molar-refractivity contribution is 5.83. The Bertz CT molecular complexity index is 1010. The second-order valence-corrected chi connectivity index (χ2v) is 9.13. The van der Waals surface area contributed by atoms with Crippen LogP contribution in [0.5, 0.6) is 0 Å². The first-order valence-corrected chi connectivity index (χ1v) is 11.5. The number of likely N-dealkylation sites (tertiary alicyclic amines) is 1. The molecule has 3 aromatic rings. The van der Waals surface area contributed by atoms with Crippen molar-refractivity contribution in [3.8, 4) is 11.1 Å². The maximum atomic E-state index is 13.5. The predicted molar refractivity (Wildman–Crippen MR) is 130 cm³/mol. The molecule has 4 rings (SSSR count). The molecule has 0 saturated carbocycles. The Morgan fingerprint density at radius 2 is 1.59 bits per heavy atom. The highest BCUT2D eigenvalue weighted by Crippen LogP contribution is 2.39. The lowest BCUT2D eigenvalue weighted by molar-refractivity contribution is -0.142. The topological polar surface area (TPSA) is 36.4 Å². The molecule has 0 spiro atoms. The number of benzene rings is 2. The molecule has 1 amide bonds. The van der Waals surface area contributed by atoms with Crippen molar-refractivity contribution in [3.63, 3.8) is 0 Å². The zero-order chi connectivity index (χ0) is 22.4. The molecule has 1 saturated heterocycles. The number of nitrogens with zero attached hydrogens (tertiary/aromatic N) is 3. The molecule has 0 N–H and O–H groups in total. The summed E-state index contributed by atoms with van der Waals surface area (Å²) in [4.78, 5) is 21.9. The molecule has 166 valence electrons. The van der Waals surface area contributed by atoms with Crippen LogP contribution in [0.25, 0.3) is 11.1 Å². The van der Waals surface area contributed by atoms with Crippen LogP contribution in [0, 0.1) is 5.41 Å². The molecule has 32 heavy (non-hydrogen) atoms. The number of piperidine rings is 1. The van der Waals surface area contributed by atoms with Crippen LogP contribution in [0.15, 0.2) is 79.1 Å². The lowest BCUT2D eigenvalue weighted by Crippen LogP contribution is -2.50. The minimum atomic E-state index is -0.351. The van der Waals surface area contributed by atoms with Crippen molar-refractivity contribution in [2.24, 2.45) is 5.41 Å². The summed E-state index contributed by atoms with van der Waals surface area (Å²) in [5, 5.41) is 0. The average molecular weight is 428 g/mol. The molecule has 0 bridgehead atoms. The Labute approximate surface area is 191 Å². The number of hydrogen-bond donors (Lipinski definition) is 0. The Hall–Kier alpha value is -2.98. The van der Waals surface area contributed by atoms with Crippen LogP contribution in [-0.4, -0.2) is 54.4 Å². The molecule has 2 heterocycles. The quantitative estimate of drug-likeness (QED) is 0.548. The molecule has 4 heteroatoms. The maximum absolute atomic E-state index is 13.5. The molecule has 2 aromatic carbocycles. The van der Waals surface area contributed by atoms with Gasteiger partial charge in [0, 0.05) is 33.0 Å². The van der Waals surface area contributed by atoms with E-state index in [1.165, 1.54) is 16.7 Å². The Morgan fingerprint density at radius 1 is 0.938 bits per heavy atom. The van der Waals surface area contributed by atoms with Gasteiger partial charge in [-0.1, -0.05) is 54.6 Å². The molecule has 1 aromatic heterocycles. The standard InChI is InChI=1S/C28H33N3O/c1-30(2)27(32)28(15-20-31(21-16-28)19-14-23-8-4-3-5-9-23)22-25-10-6-7-11-26(25)24-12-17-29-18-13-24/h3-13,17-18H,14-16,19-22H2,1-2H3. The highest BCUT2D eigenvalue weighted by atomic mass is 16.2. The van der Waals surface area contributed by atoms with Crippen molar-refractivity contribution in [2.75, 3.05) is 33.7 Å². The van der Waals surface area contributed by atoms with Crippen molar-refractivity contribution in [2.45, 2.75) is 25.7 Å². The molecular weight excluding hydrogens is 394 g/mol. The summed E-state index contributed by atoms with van der Waals surface area (Å²) < 4.78 is 0. The lowest BCUT2D eigenvalue weighted by atomic mass is 9.71. The van der Waals surface area contributed by atoms with E-state index in [0.717, 1.165) is 50.9 Å². The minimum Gasteiger partial charge on any atom is -0.348 e. The monoisotopic (exact) mass is 427 g/mol. The van der Waals surface area contributed by atoms with Gasteiger partial charge in [-0.15, -0.1) is 0 Å². The molecule has 1 aliphatic heterocycles. The zero-order valence-electron chi connectivity index (χ0n) is 19.2. The molecule has 1 aliphatic rings. The largest absolute Gasteiger partial charge is 0.348 e. The zero-order valence-corrected chi connectivity index (χ0v) is 19.2. The summed E-state index contributed by atoms with van der Waals surface area (Å²) in [6.45, 7) is 2.97.